The van der Waals surface area contributed by atoms with Crippen molar-refractivity contribution >= 4 is 22.6 Å². The molecule has 1 aromatic heterocycles. The minimum absolute atomic E-state index is 0.0937. The molecule has 4 unspecified atom stereocenters. The molecular weight excluding hydrogens is 316 g/mol. The highest BCUT2D eigenvalue weighted by atomic mass is 16.3. The molecule has 6 heteroatoms. The molecule has 0 saturated heterocycles. The van der Waals surface area contributed by atoms with Gasteiger partial charge >= 0.3 is 6.03 Å². The maximum atomic E-state index is 12.4. The Morgan fingerprint density at radius 1 is 1.36 bits per heavy atom. The molecule has 25 heavy (non-hydrogen) atoms. The SMILES string of the molecule is CC(C)n1cc2cc(NC(=O)NC3C4CCC(C4)C3CO)ccc2n1. The van der Waals surface area contributed by atoms with E-state index in [2.05, 4.69) is 29.6 Å². The van der Waals surface area contributed by atoms with Gasteiger partial charge in [-0.15, -0.1) is 0 Å². The summed E-state index contributed by atoms with van der Waals surface area (Å²) < 4.78 is 1.93. The normalized spacial score (nSPS) is 28.0. The highest BCUT2D eigenvalue weighted by Crippen LogP contribution is 2.48. The van der Waals surface area contributed by atoms with Crippen LogP contribution in [-0.4, -0.2) is 33.6 Å². The number of carbonyl (C=O) groups excluding carboxylic acids is 1. The van der Waals surface area contributed by atoms with Gasteiger partial charge in [-0.3, -0.25) is 4.68 Å². The van der Waals surface area contributed by atoms with E-state index in [-0.39, 0.29) is 24.6 Å². The van der Waals surface area contributed by atoms with Crippen LogP contribution in [0, 0.1) is 17.8 Å². The van der Waals surface area contributed by atoms with E-state index in [0.717, 1.165) is 29.4 Å². The monoisotopic (exact) mass is 342 g/mol. The molecule has 1 aromatic carbocycles. The van der Waals surface area contributed by atoms with Crippen LogP contribution in [0.15, 0.2) is 24.4 Å². The van der Waals surface area contributed by atoms with E-state index in [1.165, 1.54) is 6.42 Å². The van der Waals surface area contributed by atoms with Crippen LogP contribution >= 0.6 is 0 Å². The van der Waals surface area contributed by atoms with Crippen LogP contribution in [0.4, 0.5) is 10.5 Å². The molecule has 4 rings (SSSR count). The fraction of sp³-hybridized carbons (Fsp3) is 0.579. The van der Waals surface area contributed by atoms with Gasteiger partial charge in [-0.05, 0) is 63.1 Å². The van der Waals surface area contributed by atoms with E-state index in [0.29, 0.717) is 17.9 Å². The van der Waals surface area contributed by atoms with E-state index < -0.39 is 0 Å². The summed E-state index contributed by atoms with van der Waals surface area (Å²) in [6, 6.07) is 5.97. The van der Waals surface area contributed by atoms with Gasteiger partial charge in [-0.25, -0.2) is 4.79 Å². The summed E-state index contributed by atoms with van der Waals surface area (Å²) in [7, 11) is 0. The van der Waals surface area contributed by atoms with E-state index in [4.69, 9.17) is 0 Å². The first-order chi connectivity index (χ1) is 12.0. The van der Waals surface area contributed by atoms with Crippen LogP contribution in [0.1, 0.15) is 39.2 Å². The molecule has 2 aromatic rings. The highest BCUT2D eigenvalue weighted by molar-refractivity contribution is 5.92. The fourth-order valence-corrected chi connectivity index (χ4v) is 4.60. The number of hydrogen-bond acceptors (Lipinski definition) is 3. The number of fused-ring (bicyclic) bond motifs is 3. The quantitative estimate of drug-likeness (QED) is 0.798. The third-order valence-electron chi connectivity index (χ3n) is 5.91. The maximum absolute atomic E-state index is 12.4. The Kier molecular flexibility index (Phi) is 4.15. The van der Waals surface area contributed by atoms with Crippen molar-refractivity contribution < 1.29 is 9.90 Å². The summed E-state index contributed by atoms with van der Waals surface area (Å²) in [6.45, 7) is 4.34. The molecule has 2 bridgehead atoms. The standard InChI is InChI=1S/C19H26N4O2/c1-11(2)23-9-14-8-15(5-6-17(14)22-23)20-19(25)21-18-13-4-3-12(7-13)16(18)10-24/h5-6,8-9,11-13,16,18,24H,3-4,7,10H2,1-2H3,(H2,20,21,25). The number of nitrogens with one attached hydrogen (secondary N) is 2. The Labute approximate surface area is 147 Å². The zero-order chi connectivity index (χ0) is 17.6. The largest absolute Gasteiger partial charge is 0.396 e. The summed E-state index contributed by atoms with van der Waals surface area (Å²) in [5.74, 6) is 1.29. The number of benzene rings is 1. The molecule has 0 radical (unpaired) electrons. The zero-order valence-corrected chi connectivity index (χ0v) is 14.8. The van der Waals surface area contributed by atoms with Crippen molar-refractivity contribution in [3.63, 3.8) is 0 Å². The lowest BCUT2D eigenvalue weighted by molar-refractivity contribution is 0.146. The van der Waals surface area contributed by atoms with Gasteiger partial charge in [0.2, 0.25) is 0 Å². The number of rotatable bonds is 4. The maximum Gasteiger partial charge on any atom is 0.319 e. The highest BCUT2D eigenvalue weighted by Gasteiger charge is 2.47. The number of amides is 2. The number of aliphatic hydroxyl groups excluding tert-OH is 1. The van der Waals surface area contributed by atoms with Crippen molar-refractivity contribution in [2.75, 3.05) is 11.9 Å². The molecule has 6 nitrogen and oxygen atoms in total. The number of urea groups is 1. The van der Waals surface area contributed by atoms with Crippen LogP contribution in [0.5, 0.6) is 0 Å². The van der Waals surface area contributed by atoms with Crippen molar-refractivity contribution in [1.29, 1.82) is 0 Å². The summed E-state index contributed by atoms with van der Waals surface area (Å²) >= 11 is 0. The fourth-order valence-electron chi connectivity index (χ4n) is 4.60. The second kappa shape index (κ2) is 6.33. The Hall–Kier alpha value is -2.08. The Balaban J connectivity index is 1.44. The average molecular weight is 342 g/mol. The number of aromatic nitrogens is 2. The van der Waals surface area contributed by atoms with E-state index >= 15 is 0 Å². The summed E-state index contributed by atoms with van der Waals surface area (Å²) in [5.41, 5.74) is 1.69. The van der Waals surface area contributed by atoms with Gasteiger partial charge in [0.15, 0.2) is 0 Å². The van der Waals surface area contributed by atoms with Gasteiger partial charge in [0.05, 0.1) is 5.52 Å². The molecular formula is C19H26N4O2. The molecule has 1 heterocycles. The number of nitrogens with zero attached hydrogens (tertiary/aromatic N) is 2. The predicted molar refractivity (Wildman–Crippen MR) is 97.5 cm³/mol. The summed E-state index contributed by atoms with van der Waals surface area (Å²) in [6.07, 6.45) is 5.48. The number of anilines is 1. The van der Waals surface area contributed by atoms with Crippen molar-refractivity contribution in [3.05, 3.63) is 24.4 Å². The molecule has 2 aliphatic carbocycles. The van der Waals surface area contributed by atoms with Crippen LogP contribution < -0.4 is 10.6 Å². The van der Waals surface area contributed by atoms with Gasteiger partial charge in [0, 0.05) is 41.9 Å². The molecule has 2 saturated carbocycles. The summed E-state index contributed by atoms with van der Waals surface area (Å²) in [5, 5.41) is 21.2. The van der Waals surface area contributed by atoms with Crippen LogP contribution in [-0.2, 0) is 0 Å². The third kappa shape index (κ3) is 2.99. The van der Waals surface area contributed by atoms with Gasteiger partial charge in [-0.2, -0.15) is 5.10 Å². The average Bonchev–Trinajstić information content (AvgIpc) is 3.28. The topological polar surface area (TPSA) is 79.2 Å². The lowest BCUT2D eigenvalue weighted by Crippen LogP contribution is -2.46. The van der Waals surface area contributed by atoms with Gasteiger partial charge in [0.25, 0.3) is 0 Å². The second-order valence-corrected chi connectivity index (χ2v) is 7.78. The molecule has 134 valence electrons. The van der Waals surface area contributed by atoms with Crippen molar-refractivity contribution in [1.82, 2.24) is 15.1 Å². The Morgan fingerprint density at radius 3 is 2.92 bits per heavy atom. The first-order valence-corrected chi connectivity index (χ1v) is 9.22. The summed E-state index contributed by atoms with van der Waals surface area (Å²) in [4.78, 5) is 12.4. The smallest absolute Gasteiger partial charge is 0.319 e. The zero-order valence-electron chi connectivity index (χ0n) is 14.8. The molecule has 2 amide bonds. The Morgan fingerprint density at radius 2 is 2.16 bits per heavy atom. The molecule has 4 atom stereocenters. The van der Waals surface area contributed by atoms with Gasteiger partial charge < -0.3 is 15.7 Å². The third-order valence-corrected chi connectivity index (χ3v) is 5.91. The van der Waals surface area contributed by atoms with E-state index in [1.54, 1.807) is 0 Å². The van der Waals surface area contributed by atoms with Gasteiger partial charge in [-0.1, -0.05) is 0 Å². The number of carbonyl (C=O) groups is 1. The van der Waals surface area contributed by atoms with Crippen molar-refractivity contribution in [2.45, 2.75) is 45.2 Å². The van der Waals surface area contributed by atoms with Crippen LogP contribution in [0.25, 0.3) is 10.9 Å². The molecule has 2 aliphatic rings. The predicted octanol–water partition coefficient (Wildman–Crippen LogP) is 3.15. The van der Waals surface area contributed by atoms with E-state index in [9.17, 15) is 9.90 Å². The van der Waals surface area contributed by atoms with Crippen molar-refractivity contribution in [3.8, 4) is 0 Å². The molecule has 2 fully saturated rings. The van der Waals surface area contributed by atoms with Crippen LogP contribution in [0.3, 0.4) is 0 Å². The number of aliphatic hydroxyl groups is 1. The van der Waals surface area contributed by atoms with E-state index in [1.807, 2.05) is 29.1 Å². The minimum atomic E-state index is -0.188. The van der Waals surface area contributed by atoms with Gasteiger partial charge in [0.1, 0.15) is 0 Å². The van der Waals surface area contributed by atoms with Crippen molar-refractivity contribution in [2.24, 2.45) is 17.8 Å². The first-order valence-electron chi connectivity index (χ1n) is 9.22. The first kappa shape index (κ1) is 16.4. The second-order valence-electron chi connectivity index (χ2n) is 7.78. The van der Waals surface area contributed by atoms with Crippen LogP contribution in [0.2, 0.25) is 0 Å². The lowest BCUT2D eigenvalue weighted by Gasteiger charge is -2.30. The molecule has 0 aliphatic heterocycles. The minimum Gasteiger partial charge on any atom is -0.396 e. The number of hydrogen-bond donors (Lipinski definition) is 3. The Bertz CT molecular complexity index is 785. The molecule has 3 N–H and O–H groups in total. The molecule has 0 spiro atoms. The lowest BCUT2D eigenvalue weighted by atomic mass is 9.85.